The molecule has 2 N–H and O–H groups in total. The molecule has 0 aliphatic rings. The zero-order chi connectivity index (χ0) is 14.2. The number of carboxylic acids is 1. The number of azide groups is 1. The first-order valence-electron chi connectivity index (χ1n) is 5.27. The van der Waals surface area contributed by atoms with Crippen molar-refractivity contribution in [1.29, 1.82) is 0 Å². The lowest BCUT2D eigenvalue weighted by atomic mass is 9.95. The molecule has 1 unspecified atom stereocenters. The second kappa shape index (κ2) is 7.07. The minimum Gasteiger partial charge on any atom is -0.480 e. The summed E-state index contributed by atoms with van der Waals surface area (Å²) in [6.07, 6.45) is -5.74. The first-order valence-corrected chi connectivity index (χ1v) is 5.27. The highest BCUT2D eigenvalue weighted by Gasteiger charge is 2.34. The molecule has 0 fully saturated rings. The van der Waals surface area contributed by atoms with Gasteiger partial charge in [0, 0.05) is 24.4 Å². The Bertz CT molecular complexity index is 328. The third-order valence-electron chi connectivity index (χ3n) is 2.40. The molecule has 0 saturated carbocycles. The number of nitrogens with one attached hydrogen (secondary N) is 1. The summed E-state index contributed by atoms with van der Waals surface area (Å²) < 4.78 is 35.9. The molecule has 0 aliphatic heterocycles. The van der Waals surface area contributed by atoms with E-state index in [2.05, 4.69) is 15.3 Å². The Morgan fingerprint density at radius 2 is 2.06 bits per heavy atom. The van der Waals surface area contributed by atoms with Crippen LogP contribution < -0.4 is 5.32 Å². The van der Waals surface area contributed by atoms with Crippen LogP contribution >= 0.6 is 0 Å². The van der Waals surface area contributed by atoms with Crippen molar-refractivity contribution in [2.45, 2.75) is 37.9 Å². The fourth-order valence-corrected chi connectivity index (χ4v) is 1.34. The Hall–Kier alpha value is -1.47. The van der Waals surface area contributed by atoms with Gasteiger partial charge in [-0.2, -0.15) is 13.2 Å². The summed E-state index contributed by atoms with van der Waals surface area (Å²) in [5.74, 6) is -1.23. The molecule has 0 aliphatic carbocycles. The number of aliphatic carboxylic acids is 1. The lowest BCUT2D eigenvalue weighted by molar-refractivity contribution is -0.147. The average molecular weight is 268 g/mol. The number of carbonyl (C=O) groups is 1. The SMILES string of the molecule is CC(CCCC(F)(F)F)(NCCN=[N+]=[N-])C(=O)O. The topological polar surface area (TPSA) is 98.1 Å². The van der Waals surface area contributed by atoms with Crippen LogP contribution in [-0.2, 0) is 4.79 Å². The van der Waals surface area contributed by atoms with Crippen LogP contribution in [-0.4, -0.2) is 35.9 Å². The first kappa shape index (κ1) is 16.5. The van der Waals surface area contributed by atoms with Gasteiger partial charge < -0.3 is 10.4 Å². The van der Waals surface area contributed by atoms with E-state index < -0.39 is 24.1 Å². The molecule has 0 aromatic carbocycles. The van der Waals surface area contributed by atoms with E-state index in [1.54, 1.807) is 0 Å². The number of hydrogen-bond acceptors (Lipinski definition) is 3. The maximum absolute atomic E-state index is 12.0. The molecule has 0 rings (SSSR count). The summed E-state index contributed by atoms with van der Waals surface area (Å²) >= 11 is 0. The predicted molar refractivity (Wildman–Crippen MR) is 58.0 cm³/mol. The number of rotatable bonds is 8. The first-order chi connectivity index (χ1) is 8.21. The molecule has 0 amide bonds. The lowest BCUT2D eigenvalue weighted by Gasteiger charge is -2.26. The van der Waals surface area contributed by atoms with Crippen LogP contribution in [0.5, 0.6) is 0 Å². The van der Waals surface area contributed by atoms with Crippen molar-refractivity contribution in [2.75, 3.05) is 13.1 Å². The molecular weight excluding hydrogens is 253 g/mol. The molecule has 0 aromatic rings. The van der Waals surface area contributed by atoms with Crippen molar-refractivity contribution in [3.8, 4) is 0 Å². The van der Waals surface area contributed by atoms with Gasteiger partial charge in [0.15, 0.2) is 0 Å². The number of alkyl halides is 3. The molecule has 0 saturated heterocycles. The van der Waals surface area contributed by atoms with Crippen LogP contribution in [0.3, 0.4) is 0 Å². The zero-order valence-corrected chi connectivity index (χ0v) is 9.87. The largest absolute Gasteiger partial charge is 0.480 e. The van der Waals surface area contributed by atoms with E-state index in [4.69, 9.17) is 10.6 Å². The number of halogens is 3. The van der Waals surface area contributed by atoms with Crippen molar-refractivity contribution < 1.29 is 23.1 Å². The molecule has 0 heterocycles. The molecular formula is C9H15F3N4O2. The van der Waals surface area contributed by atoms with Gasteiger partial charge in [0.1, 0.15) is 5.54 Å². The molecule has 0 radical (unpaired) electrons. The predicted octanol–water partition coefficient (Wildman–Crippen LogP) is 2.46. The van der Waals surface area contributed by atoms with Crippen molar-refractivity contribution >= 4 is 5.97 Å². The van der Waals surface area contributed by atoms with E-state index in [9.17, 15) is 18.0 Å². The molecule has 1 atom stereocenters. The molecule has 0 aromatic heterocycles. The van der Waals surface area contributed by atoms with Gasteiger partial charge in [0.2, 0.25) is 0 Å². The fourth-order valence-electron chi connectivity index (χ4n) is 1.34. The molecule has 18 heavy (non-hydrogen) atoms. The summed E-state index contributed by atoms with van der Waals surface area (Å²) in [5, 5.41) is 14.8. The molecule has 0 spiro atoms. The van der Waals surface area contributed by atoms with E-state index >= 15 is 0 Å². The fraction of sp³-hybridized carbons (Fsp3) is 0.889. The highest BCUT2D eigenvalue weighted by atomic mass is 19.4. The molecule has 0 bridgehead atoms. The van der Waals surface area contributed by atoms with Gasteiger partial charge >= 0.3 is 12.1 Å². The Kier molecular flexibility index (Phi) is 6.50. The highest BCUT2D eigenvalue weighted by molar-refractivity contribution is 5.78. The van der Waals surface area contributed by atoms with Gasteiger partial charge in [-0.1, -0.05) is 5.11 Å². The minimum absolute atomic E-state index is 0.0403. The van der Waals surface area contributed by atoms with Gasteiger partial charge in [-0.3, -0.25) is 4.79 Å². The third kappa shape index (κ3) is 6.97. The second-order valence-electron chi connectivity index (χ2n) is 3.99. The smallest absolute Gasteiger partial charge is 0.389 e. The van der Waals surface area contributed by atoms with Gasteiger partial charge in [-0.05, 0) is 25.3 Å². The Morgan fingerprint density at radius 3 is 2.50 bits per heavy atom. The summed E-state index contributed by atoms with van der Waals surface area (Å²) in [6, 6.07) is 0. The van der Waals surface area contributed by atoms with Crippen molar-refractivity contribution in [3.63, 3.8) is 0 Å². The van der Waals surface area contributed by atoms with Crippen molar-refractivity contribution in [2.24, 2.45) is 5.11 Å². The minimum atomic E-state index is -4.29. The highest BCUT2D eigenvalue weighted by Crippen LogP contribution is 2.25. The van der Waals surface area contributed by atoms with E-state index in [1.165, 1.54) is 6.92 Å². The third-order valence-corrected chi connectivity index (χ3v) is 2.40. The van der Waals surface area contributed by atoms with Crippen LogP contribution in [0.25, 0.3) is 10.4 Å². The molecule has 9 heteroatoms. The van der Waals surface area contributed by atoms with Crippen molar-refractivity contribution in [1.82, 2.24) is 5.32 Å². The zero-order valence-electron chi connectivity index (χ0n) is 9.87. The van der Waals surface area contributed by atoms with E-state index in [1.807, 2.05) is 0 Å². The van der Waals surface area contributed by atoms with Crippen LogP contribution in [0, 0.1) is 0 Å². The number of hydrogen-bond donors (Lipinski definition) is 2. The maximum Gasteiger partial charge on any atom is 0.389 e. The van der Waals surface area contributed by atoms with Gasteiger partial charge in [0.05, 0.1) is 0 Å². The normalized spacial score (nSPS) is 14.7. The molecule has 6 nitrogen and oxygen atoms in total. The summed E-state index contributed by atoms with van der Waals surface area (Å²) in [5.41, 5.74) is 6.58. The van der Waals surface area contributed by atoms with Gasteiger partial charge in [-0.15, -0.1) is 0 Å². The molecule has 104 valence electrons. The van der Waals surface area contributed by atoms with E-state index in [0.717, 1.165) is 0 Å². The van der Waals surface area contributed by atoms with Crippen LogP contribution in [0.2, 0.25) is 0 Å². The monoisotopic (exact) mass is 268 g/mol. The van der Waals surface area contributed by atoms with E-state index in [0.29, 0.717) is 0 Å². The Balaban J connectivity index is 4.26. The van der Waals surface area contributed by atoms with Crippen molar-refractivity contribution in [3.05, 3.63) is 10.4 Å². The maximum atomic E-state index is 12.0. The number of nitrogens with zero attached hydrogens (tertiary/aromatic N) is 3. The Labute approximate surface area is 102 Å². The van der Waals surface area contributed by atoms with Crippen LogP contribution in [0.1, 0.15) is 26.2 Å². The second-order valence-corrected chi connectivity index (χ2v) is 3.99. The van der Waals surface area contributed by atoms with E-state index in [-0.39, 0.29) is 25.9 Å². The van der Waals surface area contributed by atoms with Crippen LogP contribution in [0.4, 0.5) is 13.2 Å². The average Bonchev–Trinajstić information content (AvgIpc) is 2.22. The summed E-state index contributed by atoms with van der Waals surface area (Å²) in [6.45, 7) is 1.44. The van der Waals surface area contributed by atoms with Gasteiger partial charge in [0.25, 0.3) is 0 Å². The lowest BCUT2D eigenvalue weighted by Crippen LogP contribution is -2.50. The quantitative estimate of drug-likeness (QED) is 0.306. The van der Waals surface area contributed by atoms with Crippen LogP contribution in [0.15, 0.2) is 5.11 Å². The Morgan fingerprint density at radius 1 is 1.44 bits per heavy atom. The summed E-state index contributed by atoms with van der Waals surface area (Å²) in [4.78, 5) is 13.5. The number of carboxylic acid groups (broad SMARTS) is 1. The summed E-state index contributed by atoms with van der Waals surface area (Å²) in [7, 11) is 0. The standard InChI is InChI=1S/C9H15F3N4O2/c1-8(7(17)18,14-5-6-15-16-13)3-2-4-9(10,11)12/h14H,2-6H2,1H3,(H,17,18). The van der Waals surface area contributed by atoms with Gasteiger partial charge in [-0.25, -0.2) is 0 Å².